The highest BCUT2D eigenvalue weighted by Crippen LogP contribution is 2.26. The zero-order valence-corrected chi connectivity index (χ0v) is 17.6. The number of nitrogens with one attached hydrogen (secondary N) is 1. The lowest BCUT2D eigenvalue weighted by atomic mass is 10.2. The monoisotopic (exact) mass is 444 g/mol. The lowest BCUT2D eigenvalue weighted by Gasteiger charge is -2.14. The van der Waals surface area contributed by atoms with Gasteiger partial charge in [0.1, 0.15) is 12.4 Å². The van der Waals surface area contributed by atoms with E-state index in [1.807, 2.05) is 24.3 Å². The second-order valence-electron chi connectivity index (χ2n) is 6.11. The van der Waals surface area contributed by atoms with Gasteiger partial charge in [0.05, 0.1) is 0 Å². The van der Waals surface area contributed by atoms with Gasteiger partial charge in [0.25, 0.3) is 0 Å². The summed E-state index contributed by atoms with van der Waals surface area (Å²) in [5.41, 5.74) is 2.03. The van der Waals surface area contributed by atoms with E-state index in [0.29, 0.717) is 16.7 Å². The van der Waals surface area contributed by atoms with Gasteiger partial charge in [-0.25, -0.2) is 0 Å². The molecule has 0 spiro atoms. The number of benzene rings is 2. The molecule has 0 aliphatic heterocycles. The summed E-state index contributed by atoms with van der Waals surface area (Å²) in [6, 6.07) is 11.5. The van der Waals surface area contributed by atoms with Crippen LogP contribution in [0.4, 0.5) is 0 Å². The van der Waals surface area contributed by atoms with E-state index in [-0.39, 0.29) is 0 Å². The summed E-state index contributed by atoms with van der Waals surface area (Å²) in [6.07, 6.45) is 1.11. The predicted molar refractivity (Wildman–Crippen MR) is 110 cm³/mol. The van der Waals surface area contributed by atoms with Gasteiger partial charge in [-0.1, -0.05) is 45.2 Å². The van der Waals surface area contributed by atoms with E-state index in [9.17, 15) is 0 Å². The molecule has 0 atom stereocenters. The number of halogens is 3. The Kier molecular flexibility index (Phi) is 8.53. The molecule has 0 aliphatic carbocycles. The molecule has 0 fully saturated rings. The van der Waals surface area contributed by atoms with Crippen molar-refractivity contribution in [3.8, 4) is 5.75 Å². The first-order chi connectivity index (χ1) is 12.0. The first-order valence-electron chi connectivity index (χ1n) is 8.16. The fourth-order valence-corrected chi connectivity index (χ4v) is 3.24. The fourth-order valence-electron chi connectivity index (χ4n) is 2.36. The third-order valence-electron chi connectivity index (χ3n) is 3.70. The quantitative estimate of drug-likeness (QED) is 0.524. The Labute approximate surface area is 168 Å². The largest absolute Gasteiger partial charge is 0.489 e. The molecule has 3 nitrogen and oxygen atoms in total. The van der Waals surface area contributed by atoms with Crippen LogP contribution in [0.15, 0.2) is 40.9 Å². The highest BCUT2D eigenvalue weighted by atomic mass is 79.9. The third kappa shape index (κ3) is 7.16. The molecule has 2 aromatic carbocycles. The molecule has 0 aromatic heterocycles. The first-order valence-corrected chi connectivity index (χ1v) is 9.71. The molecule has 2 rings (SSSR count). The average Bonchev–Trinajstić information content (AvgIpc) is 2.55. The molecule has 1 N–H and O–H groups in total. The van der Waals surface area contributed by atoms with Gasteiger partial charge >= 0.3 is 0 Å². The molecule has 0 unspecified atom stereocenters. The molecule has 0 heterocycles. The Hall–Kier alpha value is -0.780. The number of hydrogen-bond acceptors (Lipinski definition) is 3. The molecule has 0 saturated carbocycles. The van der Waals surface area contributed by atoms with E-state index < -0.39 is 0 Å². The van der Waals surface area contributed by atoms with Crippen molar-refractivity contribution in [3.05, 3.63) is 62.0 Å². The van der Waals surface area contributed by atoms with Gasteiger partial charge in [-0.2, -0.15) is 0 Å². The van der Waals surface area contributed by atoms with Crippen LogP contribution < -0.4 is 10.1 Å². The van der Waals surface area contributed by atoms with Gasteiger partial charge in [0, 0.05) is 32.2 Å². The Morgan fingerprint density at radius 3 is 2.60 bits per heavy atom. The normalized spacial score (nSPS) is 11.1. The standard InChI is InChI=1S/C19H23BrCl2N2O/c1-24(2)9-3-8-23-12-15-10-16(20)5-7-19(15)25-13-14-4-6-17(21)11-18(14)22/h4-7,10-11,23H,3,8-9,12-13H2,1-2H3. The average molecular weight is 446 g/mol. The van der Waals surface area contributed by atoms with E-state index in [2.05, 4.69) is 46.3 Å². The molecule has 2 aromatic rings. The van der Waals surface area contributed by atoms with Gasteiger partial charge in [0.15, 0.2) is 0 Å². The summed E-state index contributed by atoms with van der Waals surface area (Å²) in [4.78, 5) is 2.19. The summed E-state index contributed by atoms with van der Waals surface area (Å²) in [5.74, 6) is 0.856. The minimum Gasteiger partial charge on any atom is -0.489 e. The molecule has 0 radical (unpaired) electrons. The highest BCUT2D eigenvalue weighted by Gasteiger charge is 2.07. The van der Waals surface area contributed by atoms with Crippen LogP contribution in [0, 0.1) is 0 Å². The smallest absolute Gasteiger partial charge is 0.124 e. The van der Waals surface area contributed by atoms with Crippen molar-refractivity contribution in [2.75, 3.05) is 27.2 Å². The molecule has 6 heteroatoms. The Morgan fingerprint density at radius 2 is 1.88 bits per heavy atom. The maximum Gasteiger partial charge on any atom is 0.124 e. The number of ether oxygens (including phenoxy) is 1. The van der Waals surface area contributed by atoms with E-state index in [4.69, 9.17) is 27.9 Å². The summed E-state index contributed by atoms with van der Waals surface area (Å²) in [7, 11) is 4.17. The van der Waals surface area contributed by atoms with Gasteiger partial charge in [-0.3, -0.25) is 0 Å². The minimum atomic E-state index is 0.408. The van der Waals surface area contributed by atoms with Crippen LogP contribution in [0.3, 0.4) is 0 Å². The fraction of sp³-hybridized carbons (Fsp3) is 0.368. The highest BCUT2D eigenvalue weighted by molar-refractivity contribution is 9.10. The zero-order chi connectivity index (χ0) is 18.2. The second kappa shape index (κ2) is 10.4. The van der Waals surface area contributed by atoms with Crippen LogP contribution in [0.1, 0.15) is 17.5 Å². The number of rotatable bonds is 9. The maximum atomic E-state index is 6.22. The molecule has 0 aliphatic rings. The van der Waals surface area contributed by atoms with Crippen molar-refractivity contribution >= 4 is 39.1 Å². The van der Waals surface area contributed by atoms with Crippen LogP contribution in [0.25, 0.3) is 0 Å². The second-order valence-corrected chi connectivity index (χ2v) is 7.87. The van der Waals surface area contributed by atoms with Gasteiger partial charge < -0.3 is 15.0 Å². The zero-order valence-electron chi connectivity index (χ0n) is 14.5. The molecule has 0 amide bonds. The van der Waals surface area contributed by atoms with Crippen molar-refractivity contribution in [1.29, 1.82) is 0 Å². The summed E-state index contributed by atoms with van der Waals surface area (Å²) >= 11 is 15.7. The minimum absolute atomic E-state index is 0.408. The van der Waals surface area contributed by atoms with Gasteiger partial charge in [-0.05, 0) is 63.9 Å². The van der Waals surface area contributed by atoms with Crippen LogP contribution in [0.5, 0.6) is 5.75 Å². The molecular weight excluding hydrogens is 423 g/mol. The first kappa shape index (κ1) is 20.5. The van der Waals surface area contributed by atoms with Crippen molar-refractivity contribution in [2.45, 2.75) is 19.6 Å². The van der Waals surface area contributed by atoms with Crippen molar-refractivity contribution in [1.82, 2.24) is 10.2 Å². The third-order valence-corrected chi connectivity index (χ3v) is 4.78. The molecule has 25 heavy (non-hydrogen) atoms. The predicted octanol–water partition coefficient (Wildman–Crippen LogP) is 5.38. The Bertz CT molecular complexity index is 695. The maximum absolute atomic E-state index is 6.22. The SMILES string of the molecule is CN(C)CCCNCc1cc(Br)ccc1OCc1ccc(Cl)cc1Cl. The summed E-state index contributed by atoms with van der Waals surface area (Å²) in [6.45, 7) is 3.21. The molecule has 0 saturated heterocycles. The number of nitrogens with zero attached hydrogens (tertiary/aromatic N) is 1. The van der Waals surface area contributed by atoms with Crippen molar-refractivity contribution in [3.63, 3.8) is 0 Å². The van der Waals surface area contributed by atoms with Crippen molar-refractivity contribution in [2.24, 2.45) is 0 Å². The molecule has 0 bridgehead atoms. The topological polar surface area (TPSA) is 24.5 Å². The Morgan fingerprint density at radius 1 is 1.08 bits per heavy atom. The number of hydrogen-bond donors (Lipinski definition) is 1. The molecular formula is C19H23BrCl2N2O. The van der Waals surface area contributed by atoms with Crippen LogP contribution in [0.2, 0.25) is 10.0 Å². The van der Waals surface area contributed by atoms with Gasteiger partial charge in [0.2, 0.25) is 0 Å². The van der Waals surface area contributed by atoms with E-state index in [1.165, 1.54) is 0 Å². The Balaban J connectivity index is 1.95. The lowest BCUT2D eigenvalue weighted by Crippen LogP contribution is -2.21. The summed E-state index contributed by atoms with van der Waals surface area (Å²) in [5, 5.41) is 4.71. The van der Waals surface area contributed by atoms with Crippen LogP contribution in [-0.2, 0) is 13.2 Å². The van der Waals surface area contributed by atoms with Crippen LogP contribution in [-0.4, -0.2) is 32.1 Å². The van der Waals surface area contributed by atoms with E-state index in [0.717, 1.165) is 47.4 Å². The van der Waals surface area contributed by atoms with Crippen LogP contribution >= 0.6 is 39.1 Å². The summed E-state index contributed by atoms with van der Waals surface area (Å²) < 4.78 is 7.03. The van der Waals surface area contributed by atoms with Crippen molar-refractivity contribution < 1.29 is 4.74 Å². The van der Waals surface area contributed by atoms with E-state index in [1.54, 1.807) is 6.07 Å². The van der Waals surface area contributed by atoms with Gasteiger partial charge in [-0.15, -0.1) is 0 Å². The molecule has 136 valence electrons. The lowest BCUT2D eigenvalue weighted by molar-refractivity contribution is 0.302. The van der Waals surface area contributed by atoms with E-state index >= 15 is 0 Å².